The molecule has 0 aliphatic carbocycles. The lowest BCUT2D eigenvalue weighted by atomic mass is 9.93. The first-order valence-corrected chi connectivity index (χ1v) is 5.53. The van der Waals surface area contributed by atoms with Crippen LogP contribution >= 0.6 is 0 Å². The van der Waals surface area contributed by atoms with Crippen LogP contribution in [-0.4, -0.2) is 5.78 Å². The highest BCUT2D eigenvalue weighted by atomic mass is 16.1. The number of carbonyl (C=O) groups excluding carboxylic acids is 1. The fraction of sp³-hybridized carbons (Fsp3) is 0.500. The third-order valence-corrected chi connectivity index (χ3v) is 2.59. The summed E-state index contributed by atoms with van der Waals surface area (Å²) < 4.78 is 0. The molecule has 15 heavy (non-hydrogen) atoms. The van der Waals surface area contributed by atoms with Crippen molar-refractivity contribution in [3.63, 3.8) is 0 Å². The summed E-state index contributed by atoms with van der Waals surface area (Å²) in [5, 5.41) is 0. The summed E-state index contributed by atoms with van der Waals surface area (Å²) in [4.78, 5) is 11.4. The average Bonchev–Trinajstić information content (AvgIpc) is 1.99. The van der Waals surface area contributed by atoms with Crippen LogP contribution in [0.2, 0.25) is 0 Å². The lowest BCUT2D eigenvalue weighted by Crippen LogP contribution is -2.03. The maximum Gasteiger partial charge on any atom is 0.160 e. The maximum atomic E-state index is 11.4. The summed E-state index contributed by atoms with van der Waals surface area (Å²) in [5.41, 5.74) is 4.45. The summed E-state index contributed by atoms with van der Waals surface area (Å²) in [5.74, 6) is 0.827. The van der Waals surface area contributed by atoms with E-state index in [1.807, 2.05) is 13.8 Å². The highest BCUT2D eigenvalue weighted by molar-refractivity contribution is 5.97. The molecule has 1 heteroatoms. The lowest BCUT2D eigenvalue weighted by molar-refractivity contribution is 0.101. The van der Waals surface area contributed by atoms with Gasteiger partial charge < -0.3 is 0 Å². The Morgan fingerprint density at radius 2 is 1.67 bits per heavy atom. The van der Waals surface area contributed by atoms with Gasteiger partial charge in [-0.1, -0.05) is 26.0 Å². The monoisotopic (exact) mass is 204 g/mol. The molecule has 0 fully saturated rings. The number of hydrogen-bond donors (Lipinski definition) is 0. The standard InChI is InChI=1S/C14H20O/c1-9(2)6-13-7-10(3)14(12(5)15)11(4)8-13/h7-9H,6H2,1-5H3. The zero-order chi connectivity index (χ0) is 11.6. The number of rotatable bonds is 3. The van der Waals surface area contributed by atoms with Crippen molar-refractivity contribution in [1.82, 2.24) is 0 Å². The van der Waals surface area contributed by atoms with E-state index in [4.69, 9.17) is 0 Å². The summed E-state index contributed by atoms with van der Waals surface area (Å²) in [6.07, 6.45) is 1.08. The molecule has 1 rings (SSSR count). The number of benzene rings is 1. The summed E-state index contributed by atoms with van der Waals surface area (Å²) in [7, 11) is 0. The first kappa shape index (κ1) is 12.0. The molecular formula is C14H20O. The van der Waals surface area contributed by atoms with Crippen molar-refractivity contribution >= 4 is 5.78 Å². The van der Waals surface area contributed by atoms with E-state index in [0.29, 0.717) is 5.92 Å². The predicted molar refractivity (Wildman–Crippen MR) is 64.5 cm³/mol. The molecule has 0 spiro atoms. The third-order valence-electron chi connectivity index (χ3n) is 2.59. The van der Waals surface area contributed by atoms with Gasteiger partial charge >= 0.3 is 0 Å². The number of ketones is 1. The fourth-order valence-corrected chi connectivity index (χ4v) is 2.20. The van der Waals surface area contributed by atoms with E-state index in [2.05, 4.69) is 26.0 Å². The van der Waals surface area contributed by atoms with Gasteiger partial charge in [0.15, 0.2) is 5.78 Å². The highest BCUT2D eigenvalue weighted by Gasteiger charge is 2.09. The molecule has 0 aliphatic heterocycles. The second-order valence-electron chi connectivity index (χ2n) is 4.76. The second kappa shape index (κ2) is 4.61. The highest BCUT2D eigenvalue weighted by Crippen LogP contribution is 2.19. The van der Waals surface area contributed by atoms with Crippen molar-refractivity contribution in [2.75, 3.05) is 0 Å². The Bertz CT molecular complexity index is 352. The number of aryl methyl sites for hydroxylation is 2. The molecule has 0 saturated heterocycles. The first-order chi connectivity index (χ1) is 6.91. The topological polar surface area (TPSA) is 17.1 Å². The predicted octanol–water partition coefficient (Wildman–Crippen LogP) is 3.70. The van der Waals surface area contributed by atoms with Gasteiger partial charge in [-0.3, -0.25) is 4.79 Å². The van der Waals surface area contributed by atoms with Crippen molar-refractivity contribution in [2.24, 2.45) is 5.92 Å². The Hall–Kier alpha value is -1.11. The van der Waals surface area contributed by atoms with Gasteiger partial charge in [-0.2, -0.15) is 0 Å². The molecule has 0 unspecified atom stereocenters. The molecule has 0 radical (unpaired) electrons. The third kappa shape index (κ3) is 2.92. The Labute approximate surface area is 92.5 Å². The van der Waals surface area contributed by atoms with E-state index in [1.54, 1.807) is 6.92 Å². The van der Waals surface area contributed by atoms with Crippen LogP contribution in [0, 0.1) is 19.8 Å². The van der Waals surface area contributed by atoms with Gasteiger partial charge in [-0.15, -0.1) is 0 Å². The molecule has 0 N–H and O–H groups in total. The van der Waals surface area contributed by atoms with Gasteiger partial charge in [0.05, 0.1) is 0 Å². The second-order valence-corrected chi connectivity index (χ2v) is 4.76. The molecule has 0 heterocycles. The van der Waals surface area contributed by atoms with E-state index < -0.39 is 0 Å². The van der Waals surface area contributed by atoms with Crippen LogP contribution < -0.4 is 0 Å². The van der Waals surface area contributed by atoms with Crippen molar-refractivity contribution in [2.45, 2.75) is 41.0 Å². The van der Waals surface area contributed by atoms with Gasteiger partial charge in [0.1, 0.15) is 0 Å². The van der Waals surface area contributed by atoms with Gasteiger partial charge in [0.25, 0.3) is 0 Å². The maximum absolute atomic E-state index is 11.4. The minimum atomic E-state index is 0.168. The summed E-state index contributed by atoms with van der Waals surface area (Å²) in [6.45, 7) is 10.1. The van der Waals surface area contributed by atoms with E-state index in [9.17, 15) is 4.79 Å². The van der Waals surface area contributed by atoms with Crippen LogP contribution in [0.15, 0.2) is 12.1 Å². The van der Waals surface area contributed by atoms with Crippen LogP contribution in [-0.2, 0) is 6.42 Å². The molecule has 0 bridgehead atoms. The number of carbonyl (C=O) groups is 1. The van der Waals surface area contributed by atoms with Crippen LogP contribution in [0.4, 0.5) is 0 Å². The van der Waals surface area contributed by atoms with Crippen molar-refractivity contribution in [3.05, 3.63) is 34.4 Å². The molecule has 82 valence electrons. The van der Waals surface area contributed by atoms with Crippen LogP contribution in [0.1, 0.15) is 47.8 Å². The summed E-state index contributed by atoms with van der Waals surface area (Å²) >= 11 is 0. The first-order valence-electron chi connectivity index (χ1n) is 5.53. The molecular weight excluding hydrogens is 184 g/mol. The van der Waals surface area contributed by atoms with Crippen LogP contribution in [0.5, 0.6) is 0 Å². The van der Waals surface area contributed by atoms with Gasteiger partial charge in [-0.05, 0) is 49.8 Å². The Balaban J connectivity index is 3.14. The Morgan fingerprint density at radius 1 is 1.20 bits per heavy atom. The van der Waals surface area contributed by atoms with Crippen molar-refractivity contribution < 1.29 is 4.79 Å². The quantitative estimate of drug-likeness (QED) is 0.686. The van der Waals surface area contributed by atoms with E-state index >= 15 is 0 Å². The van der Waals surface area contributed by atoms with Crippen molar-refractivity contribution in [3.8, 4) is 0 Å². The van der Waals surface area contributed by atoms with Crippen molar-refractivity contribution in [1.29, 1.82) is 0 Å². The largest absolute Gasteiger partial charge is 0.294 e. The minimum Gasteiger partial charge on any atom is -0.294 e. The summed E-state index contributed by atoms with van der Waals surface area (Å²) in [6, 6.07) is 4.29. The fourth-order valence-electron chi connectivity index (χ4n) is 2.20. The normalized spacial score (nSPS) is 10.8. The van der Waals surface area contributed by atoms with Crippen LogP contribution in [0.3, 0.4) is 0 Å². The number of Topliss-reactive ketones (excluding diaryl/α,β-unsaturated/α-hetero) is 1. The Morgan fingerprint density at radius 3 is 2.00 bits per heavy atom. The minimum absolute atomic E-state index is 0.168. The molecule has 1 aromatic carbocycles. The lowest BCUT2D eigenvalue weighted by Gasteiger charge is -2.11. The van der Waals surface area contributed by atoms with E-state index in [0.717, 1.165) is 23.1 Å². The van der Waals surface area contributed by atoms with Gasteiger partial charge in [0.2, 0.25) is 0 Å². The molecule has 1 aromatic rings. The SMILES string of the molecule is CC(=O)c1c(C)cc(CC(C)C)cc1C. The smallest absolute Gasteiger partial charge is 0.160 e. The zero-order valence-electron chi connectivity index (χ0n) is 10.3. The van der Waals surface area contributed by atoms with E-state index in [-0.39, 0.29) is 5.78 Å². The average molecular weight is 204 g/mol. The molecule has 0 aromatic heterocycles. The number of hydrogen-bond acceptors (Lipinski definition) is 1. The van der Waals surface area contributed by atoms with Gasteiger partial charge in [0, 0.05) is 5.56 Å². The molecule has 0 amide bonds. The molecule has 0 aliphatic rings. The van der Waals surface area contributed by atoms with E-state index in [1.165, 1.54) is 5.56 Å². The molecule has 1 nitrogen and oxygen atoms in total. The van der Waals surface area contributed by atoms with Crippen LogP contribution in [0.25, 0.3) is 0 Å². The Kier molecular flexibility index (Phi) is 3.67. The molecule has 0 atom stereocenters. The van der Waals surface area contributed by atoms with Gasteiger partial charge in [-0.25, -0.2) is 0 Å². The zero-order valence-corrected chi connectivity index (χ0v) is 10.3. The molecule has 0 saturated carbocycles.